The summed E-state index contributed by atoms with van der Waals surface area (Å²) in [4.78, 5) is 0.176. The van der Waals surface area contributed by atoms with Gasteiger partial charge in [0.25, 0.3) is 0 Å². The third-order valence-electron chi connectivity index (χ3n) is 2.51. The highest BCUT2D eigenvalue weighted by Crippen LogP contribution is 2.17. The molecule has 2 aromatic rings. The summed E-state index contributed by atoms with van der Waals surface area (Å²) in [6.07, 6.45) is 2.37. The minimum atomic E-state index is -0.352. The van der Waals surface area contributed by atoms with Crippen molar-refractivity contribution in [2.24, 2.45) is 5.73 Å². The number of furan rings is 1. The number of anilines is 1. The molecule has 0 saturated carbocycles. The molecule has 0 saturated heterocycles. The molecule has 0 spiro atoms. The number of benzene rings is 1. The van der Waals surface area contributed by atoms with Crippen molar-refractivity contribution in [1.82, 2.24) is 0 Å². The Kier molecular flexibility index (Phi) is 3.94. The first-order valence-electron chi connectivity index (χ1n) is 5.52. The minimum Gasteiger partial charge on any atom is -0.469 e. The highest BCUT2D eigenvalue weighted by Gasteiger charge is 2.06. The average molecular weight is 264 g/mol. The number of halogens is 1. The third kappa shape index (κ3) is 3.07. The molecule has 2 rings (SSSR count). The highest BCUT2D eigenvalue weighted by molar-refractivity contribution is 7.80. The number of thiocarbonyl (C=S) groups is 1. The molecule has 1 heterocycles. The summed E-state index contributed by atoms with van der Waals surface area (Å²) in [5.41, 5.74) is 6.81. The molecule has 0 unspecified atom stereocenters. The Morgan fingerprint density at radius 2 is 2.22 bits per heavy atom. The lowest BCUT2D eigenvalue weighted by molar-refractivity contribution is 0.513. The van der Waals surface area contributed by atoms with Crippen molar-refractivity contribution in [3.63, 3.8) is 0 Å². The lowest BCUT2D eigenvalue weighted by Gasteiger charge is -2.10. The van der Waals surface area contributed by atoms with E-state index in [-0.39, 0.29) is 10.8 Å². The molecule has 0 bridgehead atoms. The average Bonchev–Trinajstić information content (AvgIpc) is 2.84. The van der Waals surface area contributed by atoms with E-state index < -0.39 is 0 Å². The van der Waals surface area contributed by atoms with E-state index in [1.54, 1.807) is 12.3 Å². The SMILES string of the molecule is NC(=S)c1cc(F)ccc1NCCc1ccco1. The first kappa shape index (κ1) is 12.6. The van der Waals surface area contributed by atoms with E-state index in [0.29, 0.717) is 12.1 Å². The van der Waals surface area contributed by atoms with Gasteiger partial charge >= 0.3 is 0 Å². The predicted octanol–water partition coefficient (Wildman–Crippen LogP) is 2.71. The van der Waals surface area contributed by atoms with Gasteiger partial charge in [-0.05, 0) is 30.3 Å². The van der Waals surface area contributed by atoms with Crippen molar-refractivity contribution in [2.45, 2.75) is 6.42 Å². The van der Waals surface area contributed by atoms with Crippen molar-refractivity contribution < 1.29 is 8.81 Å². The zero-order valence-electron chi connectivity index (χ0n) is 9.65. The maximum atomic E-state index is 13.1. The largest absolute Gasteiger partial charge is 0.469 e. The molecular formula is C13H13FN2OS. The maximum Gasteiger partial charge on any atom is 0.124 e. The van der Waals surface area contributed by atoms with Crippen LogP contribution in [-0.2, 0) is 6.42 Å². The van der Waals surface area contributed by atoms with Crippen LogP contribution in [0.15, 0.2) is 41.0 Å². The second-order valence-corrected chi connectivity index (χ2v) is 4.25. The summed E-state index contributed by atoms with van der Waals surface area (Å²) in [5.74, 6) is 0.538. The second-order valence-electron chi connectivity index (χ2n) is 3.81. The fourth-order valence-electron chi connectivity index (χ4n) is 1.65. The van der Waals surface area contributed by atoms with Crippen LogP contribution < -0.4 is 11.1 Å². The Labute approximate surface area is 110 Å². The van der Waals surface area contributed by atoms with Crippen molar-refractivity contribution >= 4 is 22.9 Å². The highest BCUT2D eigenvalue weighted by atomic mass is 32.1. The molecule has 3 N–H and O–H groups in total. The zero-order chi connectivity index (χ0) is 13.0. The molecule has 0 amide bonds. The van der Waals surface area contributed by atoms with Crippen LogP contribution in [0, 0.1) is 5.82 Å². The van der Waals surface area contributed by atoms with Crippen LogP contribution >= 0.6 is 12.2 Å². The van der Waals surface area contributed by atoms with Gasteiger partial charge in [-0.2, -0.15) is 0 Å². The third-order valence-corrected chi connectivity index (χ3v) is 2.73. The molecule has 1 aromatic carbocycles. The predicted molar refractivity (Wildman–Crippen MR) is 73.2 cm³/mol. The minimum absolute atomic E-state index is 0.176. The van der Waals surface area contributed by atoms with Crippen LogP contribution in [0.25, 0.3) is 0 Å². The van der Waals surface area contributed by atoms with E-state index in [9.17, 15) is 4.39 Å². The summed E-state index contributed by atoms with van der Waals surface area (Å²) in [6.45, 7) is 0.661. The Balaban J connectivity index is 2.02. The molecule has 0 aliphatic carbocycles. The number of hydrogen-bond donors (Lipinski definition) is 2. The molecule has 0 aliphatic heterocycles. The Bertz CT molecular complexity index is 540. The molecular weight excluding hydrogens is 251 g/mol. The van der Waals surface area contributed by atoms with Gasteiger partial charge in [-0.15, -0.1) is 0 Å². The first-order chi connectivity index (χ1) is 8.66. The number of nitrogens with two attached hydrogens (primary N) is 1. The van der Waals surface area contributed by atoms with E-state index >= 15 is 0 Å². The van der Waals surface area contributed by atoms with Gasteiger partial charge in [-0.25, -0.2) is 4.39 Å². The van der Waals surface area contributed by atoms with E-state index in [1.165, 1.54) is 12.1 Å². The molecule has 0 radical (unpaired) electrons. The monoisotopic (exact) mass is 264 g/mol. The van der Waals surface area contributed by atoms with Crippen molar-refractivity contribution in [2.75, 3.05) is 11.9 Å². The van der Waals surface area contributed by atoms with Gasteiger partial charge in [-0.3, -0.25) is 0 Å². The van der Waals surface area contributed by atoms with E-state index in [0.717, 1.165) is 17.9 Å². The fourth-order valence-corrected chi connectivity index (χ4v) is 1.82. The Morgan fingerprint density at radius 1 is 1.39 bits per heavy atom. The Morgan fingerprint density at radius 3 is 2.89 bits per heavy atom. The molecule has 0 atom stereocenters. The summed E-state index contributed by atoms with van der Waals surface area (Å²) in [7, 11) is 0. The van der Waals surface area contributed by atoms with Gasteiger partial charge in [-0.1, -0.05) is 12.2 Å². The summed E-state index contributed by atoms with van der Waals surface area (Å²) < 4.78 is 18.3. The lowest BCUT2D eigenvalue weighted by Crippen LogP contribution is -2.14. The molecule has 94 valence electrons. The van der Waals surface area contributed by atoms with Crippen LogP contribution in [0.3, 0.4) is 0 Å². The molecule has 3 nitrogen and oxygen atoms in total. The summed E-state index contributed by atoms with van der Waals surface area (Å²) in [5, 5.41) is 3.17. The molecule has 1 aromatic heterocycles. The van der Waals surface area contributed by atoms with E-state index in [4.69, 9.17) is 22.4 Å². The van der Waals surface area contributed by atoms with E-state index in [2.05, 4.69) is 5.32 Å². The summed E-state index contributed by atoms with van der Waals surface area (Å²) in [6, 6.07) is 8.08. The van der Waals surface area contributed by atoms with Crippen LogP contribution in [0.5, 0.6) is 0 Å². The van der Waals surface area contributed by atoms with Gasteiger partial charge in [0.1, 0.15) is 16.6 Å². The van der Waals surface area contributed by atoms with Crippen LogP contribution in [0.4, 0.5) is 10.1 Å². The van der Waals surface area contributed by atoms with Crippen LogP contribution in [0.2, 0.25) is 0 Å². The normalized spacial score (nSPS) is 10.3. The lowest BCUT2D eigenvalue weighted by atomic mass is 10.1. The zero-order valence-corrected chi connectivity index (χ0v) is 10.5. The fraction of sp³-hybridized carbons (Fsp3) is 0.154. The van der Waals surface area contributed by atoms with E-state index in [1.807, 2.05) is 12.1 Å². The standard InChI is InChI=1S/C13H13FN2OS/c14-9-3-4-12(11(8-9)13(15)18)16-6-5-10-2-1-7-17-10/h1-4,7-8,16H,5-6H2,(H2,15,18). The van der Waals surface area contributed by atoms with Gasteiger partial charge in [0, 0.05) is 24.2 Å². The Hall–Kier alpha value is -1.88. The van der Waals surface area contributed by atoms with Gasteiger partial charge in [0.05, 0.1) is 6.26 Å². The van der Waals surface area contributed by atoms with Gasteiger partial charge < -0.3 is 15.5 Å². The maximum absolute atomic E-state index is 13.1. The van der Waals surface area contributed by atoms with Crippen LogP contribution in [-0.4, -0.2) is 11.5 Å². The second kappa shape index (κ2) is 5.64. The van der Waals surface area contributed by atoms with Crippen molar-refractivity contribution in [3.8, 4) is 0 Å². The quantitative estimate of drug-likeness (QED) is 0.815. The topological polar surface area (TPSA) is 51.2 Å². The first-order valence-corrected chi connectivity index (χ1v) is 5.93. The molecule has 18 heavy (non-hydrogen) atoms. The smallest absolute Gasteiger partial charge is 0.124 e. The number of hydrogen-bond acceptors (Lipinski definition) is 3. The molecule has 5 heteroatoms. The van der Waals surface area contributed by atoms with Gasteiger partial charge in [0.2, 0.25) is 0 Å². The number of rotatable bonds is 5. The number of nitrogens with one attached hydrogen (secondary N) is 1. The van der Waals surface area contributed by atoms with Crippen LogP contribution in [0.1, 0.15) is 11.3 Å². The van der Waals surface area contributed by atoms with Crippen molar-refractivity contribution in [1.29, 1.82) is 0 Å². The van der Waals surface area contributed by atoms with Gasteiger partial charge in [0.15, 0.2) is 0 Å². The molecule has 0 fully saturated rings. The summed E-state index contributed by atoms with van der Waals surface area (Å²) >= 11 is 4.89. The van der Waals surface area contributed by atoms with Crippen molar-refractivity contribution in [3.05, 3.63) is 53.7 Å². The molecule has 0 aliphatic rings.